The van der Waals surface area contributed by atoms with Crippen molar-refractivity contribution in [3.8, 4) is 5.75 Å². The van der Waals surface area contributed by atoms with Crippen LogP contribution < -0.4 is 10.1 Å². The van der Waals surface area contributed by atoms with Crippen molar-refractivity contribution in [1.82, 2.24) is 4.90 Å². The van der Waals surface area contributed by atoms with Crippen molar-refractivity contribution in [3.05, 3.63) is 59.7 Å². The van der Waals surface area contributed by atoms with Crippen LogP contribution in [0.5, 0.6) is 5.75 Å². The first-order valence-corrected chi connectivity index (χ1v) is 8.36. The van der Waals surface area contributed by atoms with E-state index in [1.54, 1.807) is 55.5 Å². The fourth-order valence-corrected chi connectivity index (χ4v) is 2.45. The van der Waals surface area contributed by atoms with E-state index in [1.807, 2.05) is 12.1 Å². The minimum Gasteiger partial charge on any atom is -0.495 e. The Labute approximate surface area is 148 Å². The number of amides is 2. The van der Waals surface area contributed by atoms with Gasteiger partial charge in [-0.1, -0.05) is 31.5 Å². The molecule has 0 atom stereocenters. The quantitative estimate of drug-likeness (QED) is 0.833. The summed E-state index contributed by atoms with van der Waals surface area (Å²) < 4.78 is 5.24. The first-order valence-electron chi connectivity index (χ1n) is 8.36. The number of carbonyl (C=O) groups is 2. The van der Waals surface area contributed by atoms with E-state index in [-0.39, 0.29) is 11.8 Å². The maximum absolute atomic E-state index is 12.5. The minimum absolute atomic E-state index is 0.0830. The van der Waals surface area contributed by atoms with Gasteiger partial charge in [0.05, 0.1) is 12.8 Å². The van der Waals surface area contributed by atoms with E-state index in [2.05, 4.69) is 12.2 Å². The number of para-hydroxylation sites is 2. The summed E-state index contributed by atoms with van der Waals surface area (Å²) in [5.74, 6) is 0.220. The lowest BCUT2D eigenvalue weighted by atomic mass is 10.1. The molecular formula is C20H24N2O3. The van der Waals surface area contributed by atoms with Gasteiger partial charge in [0.25, 0.3) is 11.8 Å². The molecule has 0 radical (unpaired) electrons. The topological polar surface area (TPSA) is 58.6 Å². The van der Waals surface area contributed by atoms with Crippen LogP contribution in [0.1, 0.15) is 40.5 Å². The van der Waals surface area contributed by atoms with Crippen LogP contribution in [0, 0.1) is 0 Å². The van der Waals surface area contributed by atoms with Crippen molar-refractivity contribution in [2.24, 2.45) is 0 Å². The molecule has 0 aliphatic carbocycles. The number of benzene rings is 2. The molecule has 25 heavy (non-hydrogen) atoms. The van der Waals surface area contributed by atoms with Crippen molar-refractivity contribution >= 4 is 17.5 Å². The van der Waals surface area contributed by atoms with E-state index >= 15 is 0 Å². The average molecular weight is 340 g/mol. The van der Waals surface area contributed by atoms with E-state index in [4.69, 9.17) is 4.74 Å². The highest BCUT2D eigenvalue weighted by atomic mass is 16.5. The molecule has 0 aliphatic heterocycles. The maximum atomic E-state index is 12.5. The molecule has 0 unspecified atom stereocenters. The largest absolute Gasteiger partial charge is 0.495 e. The highest BCUT2D eigenvalue weighted by molar-refractivity contribution is 6.06. The van der Waals surface area contributed by atoms with Crippen LogP contribution in [-0.2, 0) is 0 Å². The fraction of sp³-hybridized carbons (Fsp3) is 0.300. The molecule has 1 N–H and O–H groups in total. The summed E-state index contributed by atoms with van der Waals surface area (Å²) in [6.07, 6.45) is 1.98. The number of hydrogen-bond acceptors (Lipinski definition) is 3. The van der Waals surface area contributed by atoms with Crippen LogP contribution in [0.4, 0.5) is 5.69 Å². The second kappa shape index (κ2) is 8.87. The van der Waals surface area contributed by atoms with Crippen LogP contribution in [0.2, 0.25) is 0 Å². The summed E-state index contributed by atoms with van der Waals surface area (Å²) in [5, 5.41) is 2.82. The Morgan fingerprint density at radius 2 is 1.80 bits per heavy atom. The van der Waals surface area contributed by atoms with Crippen LogP contribution in [0.3, 0.4) is 0 Å². The van der Waals surface area contributed by atoms with Crippen LogP contribution in [-0.4, -0.2) is 37.4 Å². The van der Waals surface area contributed by atoms with Gasteiger partial charge in [-0.2, -0.15) is 0 Å². The molecule has 132 valence electrons. The summed E-state index contributed by atoms with van der Waals surface area (Å²) in [5.41, 5.74) is 1.53. The first kappa shape index (κ1) is 18.5. The van der Waals surface area contributed by atoms with Gasteiger partial charge in [-0.3, -0.25) is 9.59 Å². The van der Waals surface area contributed by atoms with E-state index in [1.165, 1.54) is 0 Å². The molecule has 0 heterocycles. The van der Waals surface area contributed by atoms with Gasteiger partial charge in [0, 0.05) is 24.7 Å². The van der Waals surface area contributed by atoms with Crippen LogP contribution in [0.15, 0.2) is 48.5 Å². The molecule has 0 saturated carbocycles. The van der Waals surface area contributed by atoms with Crippen LogP contribution >= 0.6 is 0 Å². The minimum atomic E-state index is -0.282. The van der Waals surface area contributed by atoms with Gasteiger partial charge < -0.3 is 15.0 Å². The monoisotopic (exact) mass is 340 g/mol. The number of ether oxygens (including phenoxy) is 1. The maximum Gasteiger partial charge on any atom is 0.255 e. The number of methoxy groups -OCH3 is 1. The lowest BCUT2D eigenvalue weighted by molar-refractivity contribution is 0.0793. The molecule has 2 aromatic carbocycles. The normalized spacial score (nSPS) is 10.2. The standard InChI is InChI=1S/C20H24N2O3/c1-4-5-13-22(2)20(24)16-10-8-9-15(14-16)19(23)21-17-11-6-7-12-18(17)25-3/h6-12,14H,4-5,13H2,1-3H3,(H,21,23). The van der Waals surface area contributed by atoms with Gasteiger partial charge in [-0.05, 0) is 36.8 Å². The lowest BCUT2D eigenvalue weighted by Gasteiger charge is -2.17. The number of carbonyl (C=O) groups excluding carboxylic acids is 2. The Morgan fingerprint density at radius 3 is 2.52 bits per heavy atom. The molecule has 5 heteroatoms. The second-order valence-electron chi connectivity index (χ2n) is 5.82. The fourth-order valence-electron chi connectivity index (χ4n) is 2.45. The summed E-state index contributed by atoms with van der Waals surface area (Å²) in [6, 6.07) is 14.0. The molecule has 0 aromatic heterocycles. The smallest absolute Gasteiger partial charge is 0.255 e. The van der Waals surface area contributed by atoms with Gasteiger partial charge >= 0.3 is 0 Å². The molecule has 2 amide bonds. The first-order chi connectivity index (χ1) is 12.1. The number of hydrogen-bond donors (Lipinski definition) is 1. The summed E-state index contributed by atoms with van der Waals surface area (Å²) in [4.78, 5) is 26.6. The molecule has 0 saturated heterocycles. The molecule has 2 aromatic rings. The van der Waals surface area contributed by atoms with Gasteiger partial charge in [-0.25, -0.2) is 0 Å². The number of nitrogens with zero attached hydrogens (tertiary/aromatic N) is 1. The number of nitrogens with one attached hydrogen (secondary N) is 1. The molecule has 0 bridgehead atoms. The van der Waals surface area contributed by atoms with Crippen molar-refractivity contribution in [2.45, 2.75) is 19.8 Å². The van der Waals surface area contributed by atoms with Crippen molar-refractivity contribution < 1.29 is 14.3 Å². The van der Waals surface area contributed by atoms with Crippen molar-refractivity contribution in [1.29, 1.82) is 0 Å². The van der Waals surface area contributed by atoms with Crippen LogP contribution in [0.25, 0.3) is 0 Å². The molecule has 5 nitrogen and oxygen atoms in total. The highest BCUT2D eigenvalue weighted by Gasteiger charge is 2.15. The molecule has 0 aliphatic rings. The molecular weight excluding hydrogens is 316 g/mol. The number of rotatable bonds is 7. The Kier molecular flexibility index (Phi) is 6.57. The highest BCUT2D eigenvalue weighted by Crippen LogP contribution is 2.23. The van der Waals surface area contributed by atoms with Crippen molar-refractivity contribution in [3.63, 3.8) is 0 Å². The Bertz CT molecular complexity index is 743. The van der Waals surface area contributed by atoms with E-state index < -0.39 is 0 Å². The third kappa shape index (κ3) is 4.83. The zero-order chi connectivity index (χ0) is 18.2. The van der Waals surface area contributed by atoms with Crippen molar-refractivity contribution in [2.75, 3.05) is 26.0 Å². The molecule has 0 fully saturated rings. The van der Waals surface area contributed by atoms with E-state index in [0.717, 1.165) is 12.8 Å². The van der Waals surface area contributed by atoms with Gasteiger partial charge in [0.2, 0.25) is 0 Å². The summed E-state index contributed by atoms with van der Waals surface area (Å²) in [7, 11) is 3.33. The zero-order valence-electron chi connectivity index (χ0n) is 14.9. The second-order valence-corrected chi connectivity index (χ2v) is 5.82. The molecule has 0 spiro atoms. The predicted molar refractivity (Wildman–Crippen MR) is 99.3 cm³/mol. The van der Waals surface area contributed by atoms with E-state index in [0.29, 0.717) is 29.1 Å². The third-order valence-corrected chi connectivity index (χ3v) is 3.92. The summed E-state index contributed by atoms with van der Waals surface area (Å²) in [6.45, 7) is 2.79. The average Bonchev–Trinajstić information content (AvgIpc) is 2.65. The number of unbranched alkanes of at least 4 members (excludes halogenated alkanes) is 1. The van der Waals surface area contributed by atoms with E-state index in [9.17, 15) is 9.59 Å². The Hall–Kier alpha value is -2.82. The van der Waals surface area contributed by atoms with Gasteiger partial charge in [0.15, 0.2) is 0 Å². The summed E-state index contributed by atoms with van der Waals surface area (Å²) >= 11 is 0. The SMILES string of the molecule is CCCCN(C)C(=O)c1cccc(C(=O)Nc2ccccc2OC)c1. The molecule has 2 rings (SSSR count). The van der Waals surface area contributed by atoms with Gasteiger partial charge in [0.1, 0.15) is 5.75 Å². The predicted octanol–water partition coefficient (Wildman–Crippen LogP) is 3.82. The van der Waals surface area contributed by atoms with Gasteiger partial charge in [-0.15, -0.1) is 0 Å². The Balaban J connectivity index is 2.15. The number of anilines is 1. The zero-order valence-corrected chi connectivity index (χ0v) is 14.9. The lowest BCUT2D eigenvalue weighted by Crippen LogP contribution is -2.28. The Morgan fingerprint density at radius 1 is 1.08 bits per heavy atom. The third-order valence-electron chi connectivity index (χ3n) is 3.92.